The highest BCUT2D eigenvalue weighted by atomic mass is 16.6. The van der Waals surface area contributed by atoms with Gasteiger partial charge in [0.25, 0.3) is 0 Å². The Bertz CT molecular complexity index is 2210. The molecule has 1 unspecified atom stereocenters. The van der Waals surface area contributed by atoms with Gasteiger partial charge in [0.15, 0.2) is 5.60 Å². The summed E-state index contributed by atoms with van der Waals surface area (Å²) in [5.41, 5.74) is 4.93. The largest absolute Gasteiger partial charge is 0.456 e. The fourth-order valence-corrected chi connectivity index (χ4v) is 6.83. The van der Waals surface area contributed by atoms with Gasteiger partial charge in [0.1, 0.15) is 11.5 Å². The Morgan fingerprint density at radius 1 is 0.455 bits per heavy atom. The number of rotatable bonds is 3. The zero-order valence-electron chi connectivity index (χ0n) is 23.6. The molecule has 2 heterocycles. The van der Waals surface area contributed by atoms with Crippen molar-refractivity contribution >= 4 is 44.6 Å². The van der Waals surface area contributed by atoms with E-state index >= 15 is 0 Å². The van der Waals surface area contributed by atoms with Crippen molar-refractivity contribution in [3.63, 3.8) is 0 Å². The van der Waals surface area contributed by atoms with Crippen molar-refractivity contribution in [2.24, 2.45) is 0 Å². The first-order chi connectivity index (χ1) is 21.7. The minimum Gasteiger partial charge on any atom is -0.456 e. The monoisotopic (exact) mass is 567 g/mol. The summed E-state index contributed by atoms with van der Waals surface area (Å²) in [6, 6.07) is 51.5. The molecule has 0 N–H and O–H groups in total. The van der Waals surface area contributed by atoms with Crippen LogP contribution in [0.4, 0.5) is 17.1 Å². The lowest BCUT2D eigenvalue weighted by molar-refractivity contribution is 0.0224. The molecule has 4 nitrogen and oxygen atoms in total. The van der Waals surface area contributed by atoms with Crippen LogP contribution in [-0.2, 0) is 10.3 Å². The molecule has 208 valence electrons. The van der Waals surface area contributed by atoms with Crippen molar-refractivity contribution in [1.29, 1.82) is 0 Å². The third-order valence-electron chi connectivity index (χ3n) is 8.84. The number of hydrogen-bond acceptors (Lipinski definition) is 4. The maximum absolute atomic E-state index is 13.2. The van der Waals surface area contributed by atoms with Gasteiger partial charge >= 0.3 is 5.97 Å². The molecule has 0 fully saturated rings. The summed E-state index contributed by atoms with van der Waals surface area (Å²) in [6.07, 6.45) is 0. The minimum atomic E-state index is -1.09. The van der Waals surface area contributed by atoms with Crippen molar-refractivity contribution in [3.8, 4) is 11.5 Å². The van der Waals surface area contributed by atoms with Gasteiger partial charge in [-0.25, -0.2) is 4.79 Å². The summed E-state index contributed by atoms with van der Waals surface area (Å²) in [7, 11) is 0. The first-order valence-corrected chi connectivity index (χ1v) is 14.7. The molecule has 0 saturated heterocycles. The van der Waals surface area contributed by atoms with E-state index in [4.69, 9.17) is 9.47 Å². The fourth-order valence-electron chi connectivity index (χ4n) is 6.83. The molecular weight excluding hydrogens is 542 g/mol. The van der Waals surface area contributed by atoms with Crippen molar-refractivity contribution in [1.82, 2.24) is 0 Å². The number of ether oxygens (including phenoxy) is 2. The van der Waals surface area contributed by atoms with Crippen molar-refractivity contribution in [3.05, 3.63) is 174 Å². The van der Waals surface area contributed by atoms with Crippen LogP contribution < -0.4 is 9.64 Å². The molecule has 0 amide bonds. The summed E-state index contributed by atoms with van der Waals surface area (Å²) < 4.78 is 12.9. The molecule has 9 rings (SSSR count). The maximum Gasteiger partial charge on any atom is 0.340 e. The summed E-state index contributed by atoms with van der Waals surface area (Å²) in [4.78, 5) is 15.5. The van der Waals surface area contributed by atoms with E-state index in [9.17, 15) is 4.79 Å². The average molecular weight is 568 g/mol. The first-order valence-electron chi connectivity index (χ1n) is 14.7. The highest BCUT2D eigenvalue weighted by Crippen LogP contribution is 2.57. The van der Waals surface area contributed by atoms with Crippen LogP contribution in [0.1, 0.15) is 27.0 Å². The number of anilines is 3. The first kappa shape index (κ1) is 24.7. The molecule has 0 aliphatic carbocycles. The van der Waals surface area contributed by atoms with Gasteiger partial charge in [-0.15, -0.1) is 0 Å². The number of benzene rings is 7. The lowest BCUT2D eigenvalue weighted by Gasteiger charge is -2.37. The Kier molecular flexibility index (Phi) is 5.23. The molecule has 4 heteroatoms. The molecular formula is C40H25NO3. The quantitative estimate of drug-likeness (QED) is 0.199. The van der Waals surface area contributed by atoms with E-state index in [0.29, 0.717) is 17.1 Å². The van der Waals surface area contributed by atoms with Crippen LogP contribution in [0.2, 0.25) is 0 Å². The van der Waals surface area contributed by atoms with Crippen molar-refractivity contribution in [2.75, 3.05) is 4.90 Å². The number of nitrogens with zero attached hydrogens (tertiary/aromatic N) is 1. The molecule has 1 spiro atoms. The van der Waals surface area contributed by atoms with E-state index in [2.05, 4.69) is 102 Å². The molecule has 0 radical (unpaired) electrons. The molecule has 7 aromatic rings. The Labute approximate surface area is 254 Å². The molecule has 44 heavy (non-hydrogen) atoms. The fraction of sp³-hybridized carbons (Fsp3) is 0.0250. The van der Waals surface area contributed by atoms with E-state index in [0.717, 1.165) is 44.5 Å². The molecule has 2 aliphatic heterocycles. The van der Waals surface area contributed by atoms with Gasteiger partial charge in [-0.1, -0.05) is 97.1 Å². The van der Waals surface area contributed by atoms with Crippen LogP contribution in [0.3, 0.4) is 0 Å². The van der Waals surface area contributed by atoms with Crippen molar-refractivity contribution in [2.45, 2.75) is 5.60 Å². The zero-order valence-corrected chi connectivity index (χ0v) is 23.6. The van der Waals surface area contributed by atoms with E-state index in [1.54, 1.807) is 0 Å². The van der Waals surface area contributed by atoms with Gasteiger partial charge < -0.3 is 14.4 Å². The molecule has 0 saturated carbocycles. The predicted molar refractivity (Wildman–Crippen MR) is 174 cm³/mol. The highest BCUT2D eigenvalue weighted by Gasteiger charge is 2.53. The van der Waals surface area contributed by atoms with Gasteiger partial charge in [-0.3, -0.25) is 0 Å². The summed E-state index contributed by atoms with van der Waals surface area (Å²) in [5, 5.41) is 4.69. The SMILES string of the molecule is O=C1OC2(c3ccccc3Oc3cc(N(c4ccc5ccccc5c4)c4ccc5ccccc5c4)ccc32)c2ccccc21. The Morgan fingerprint density at radius 3 is 1.68 bits per heavy atom. The Morgan fingerprint density at radius 2 is 0.977 bits per heavy atom. The van der Waals surface area contributed by atoms with Gasteiger partial charge in [-0.05, 0) is 70.1 Å². The van der Waals surface area contributed by atoms with E-state index in [1.165, 1.54) is 10.8 Å². The zero-order chi connectivity index (χ0) is 29.3. The van der Waals surface area contributed by atoms with Crippen LogP contribution in [-0.4, -0.2) is 5.97 Å². The third kappa shape index (κ3) is 3.55. The van der Waals surface area contributed by atoms with Gasteiger partial charge in [-0.2, -0.15) is 0 Å². The number of para-hydroxylation sites is 1. The molecule has 0 bridgehead atoms. The number of fused-ring (bicyclic) bond motifs is 8. The smallest absolute Gasteiger partial charge is 0.340 e. The standard InChI is InChI=1S/C40H25NO3/c42-39-33-13-5-6-14-34(33)40(44-39)35-15-7-8-16-37(35)43-38-25-32(21-22-36(38)40)41(30-19-17-26-9-1-3-11-28(26)23-30)31-20-18-27-10-2-4-12-29(27)24-31/h1-25H. The molecule has 2 aliphatic rings. The van der Waals surface area contributed by atoms with Crippen LogP contribution in [0.25, 0.3) is 21.5 Å². The lowest BCUT2D eigenvalue weighted by atomic mass is 9.77. The highest BCUT2D eigenvalue weighted by molar-refractivity contribution is 5.97. The van der Waals surface area contributed by atoms with Crippen LogP contribution in [0.5, 0.6) is 11.5 Å². The van der Waals surface area contributed by atoms with Crippen LogP contribution in [0.15, 0.2) is 152 Å². The third-order valence-corrected chi connectivity index (χ3v) is 8.84. The van der Waals surface area contributed by atoms with Gasteiger partial charge in [0.05, 0.1) is 5.56 Å². The predicted octanol–water partition coefficient (Wildman–Crippen LogP) is 10.0. The number of carbonyl (C=O) groups is 1. The van der Waals surface area contributed by atoms with Gasteiger partial charge in [0, 0.05) is 39.8 Å². The second kappa shape index (κ2) is 9.32. The lowest BCUT2D eigenvalue weighted by Crippen LogP contribution is -2.33. The van der Waals surface area contributed by atoms with Crippen LogP contribution in [0, 0.1) is 0 Å². The van der Waals surface area contributed by atoms with E-state index in [1.807, 2.05) is 54.6 Å². The molecule has 1 atom stereocenters. The maximum atomic E-state index is 13.2. The number of carbonyl (C=O) groups excluding carboxylic acids is 1. The average Bonchev–Trinajstić information content (AvgIpc) is 3.37. The van der Waals surface area contributed by atoms with E-state index < -0.39 is 5.60 Å². The minimum absolute atomic E-state index is 0.332. The topological polar surface area (TPSA) is 38.8 Å². The van der Waals surface area contributed by atoms with Crippen LogP contribution >= 0.6 is 0 Å². The summed E-state index contributed by atoms with van der Waals surface area (Å²) in [5.74, 6) is 0.989. The summed E-state index contributed by atoms with van der Waals surface area (Å²) >= 11 is 0. The Hall–Kier alpha value is -5.87. The Balaban J connectivity index is 1.27. The second-order valence-electron chi connectivity index (χ2n) is 11.3. The summed E-state index contributed by atoms with van der Waals surface area (Å²) in [6.45, 7) is 0. The van der Waals surface area contributed by atoms with Gasteiger partial charge in [0.2, 0.25) is 0 Å². The normalized spacial score (nSPS) is 16.2. The van der Waals surface area contributed by atoms with Crippen molar-refractivity contribution < 1.29 is 14.3 Å². The molecule has 7 aromatic carbocycles. The molecule has 0 aromatic heterocycles. The number of hydrogen-bond donors (Lipinski definition) is 0. The number of esters is 1. The van der Waals surface area contributed by atoms with E-state index in [-0.39, 0.29) is 5.97 Å². The second-order valence-corrected chi connectivity index (χ2v) is 11.3.